The summed E-state index contributed by atoms with van der Waals surface area (Å²) in [7, 11) is 3.14. The van der Waals surface area contributed by atoms with Crippen molar-refractivity contribution in [1.29, 1.82) is 0 Å². The number of nitrogens with two attached hydrogens (primary N) is 1. The van der Waals surface area contributed by atoms with E-state index >= 15 is 0 Å². The second-order valence-electron chi connectivity index (χ2n) is 8.75. The second kappa shape index (κ2) is 9.68. The van der Waals surface area contributed by atoms with Crippen LogP contribution in [0.15, 0.2) is 55.0 Å². The number of piperidine rings is 1. The van der Waals surface area contributed by atoms with Crippen molar-refractivity contribution in [2.24, 2.45) is 7.05 Å². The maximum Gasteiger partial charge on any atom is 0.410 e. The van der Waals surface area contributed by atoms with Crippen LogP contribution in [-0.2, 0) is 27.9 Å². The summed E-state index contributed by atoms with van der Waals surface area (Å²) < 4.78 is 13.9. The number of hydrogen-bond donors (Lipinski definition) is 1. The number of anilines is 1. The number of ether oxygens (including phenoxy) is 2. The molecular formula is C25H27N7O4. The largest absolute Gasteiger partial charge is 0.467 e. The highest BCUT2D eigenvalue weighted by Crippen LogP contribution is 2.35. The van der Waals surface area contributed by atoms with E-state index in [1.165, 1.54) is 12.0 Å². The third-order valence-corrected chi connectivity index (χ3v) is 6.43. The standard InChI is InChI=1S/C25H27N7O4/c1-30-14-17(12-27-30)19-13-28-32-21(26)11-20(29-23(19)32)18-9-6-10-31(22(18)24(33)35-2)25(34)36-15-16-7-4-3-5-8-16/h3-5,7-8,11-14,18,22H,6,9-10,15,26H2,1-2H3. The first-order chi connectivity index (χ1) is 17.5. The van der Waals surface area contributed by atoms with Gasteiger partial charge in [-0.15, -0.1) is 0 Å². The highest BCUT2D eigenvalue weighted by molar-refractivity contribution is 5.83. The number of amides is 1. The number of fused-ring (bicyclic) bond motifs is 1. The van der Waals surface area contributed by atoms with Crippen LogP contribution in [0.2, 0.25) is 0 Å². The van der Waals surface area contributed by atoms with E-state index in [1.807, 2.05) is 43.6 Å². The van der Waals surface area contributed by atoms with E-state index in [9.17, 15) is 9.59 Å². The van der Waals surface area contributed by atoms with Gasteiger partial charge in [-0.25, -0.2) is 14.6 Å². The molecule has 3 aromatic heterocycles. The molecule has 1 aliphatic heterocycles. The number of hydrogen-bond acceptors (Lipinski definition) is 8. The summed E-state index contributed by atoms with van der Waals surface area (Å²) in [5.41, 5.74) is 9.94. The average molecular weight is 490 g/mol. The molecule has 1 fully saturated rings. The Morgan fingerprint density at radius 2 is 1.97 bits per heavy atom. The van der Waals surface area contributed by atoms with Crippen molar-refractivity contribution < 1.29 is 19.1 Å². The van der Waals surface area contributed by atoms with Crippen LogP contribution in [-0.4, -0.2) is 61.0 Å². The average Bonchev–Trinajstić information content (AvgIpc) is 3.53. The molecule has 5 rings (SSSR count). The Kier molecular flexibility index (Phi) is 6.28. The van der Waals surface area contributed by atoms with Gasteiger partial charge in [-0.1, -0.05) is 30.3 Å². The van der Waals surface area contributed by atoms with Gasteiger partial charge >= 0.3 is 12.1 Å². The van der Waals surface area contributed by atoms with Crippen LogP contribution in [0.3, 0.4) is 0 Å². The summed E-state index contributed by atoms with van der Waals surface area (Å²) in [6, 6.07) is 10.2. The Hall–Kier alpha value is -4.41. The lowest BCUT2D eigenvalue weighted by Crippen LogP contribution is -2.52. The zero-order chi connectivity index (χ0) is 25.2. The summed E-state index contributed by atoms with van der Waals surface area (Å²) in [6.45, 7) is 0.478. The topological polar surface area (TPSA) is 130 Å². The number of aromatic nitrogens is 5. The van der Waals surface area contributed by atoms with Gasteiger partial charge in [0.1, 0.15) is 18.5 Å². The maximum absolute atomic E-state index is 13.1. The van der Waals surface area contributed by atoms with Gasteiger partial charge in [-0.05, 0) is 18.4 Å². The first-order valence-electron chi connectivity index (χ1n) is 11.6. The van der Waals surface area contributed by atoms with E-state index in [4.69, 9.17) is 20.2 Å². The number of carbonyl (C=O) groups excluding carboxylic acids is 2. The molecule has 1 amide bonds. The highest BCUT2D eigenvalue weighted by atomic mass is 16.6. The molecule has 1 aliphatic rings. The SMILES string of the molecule is COC(=O)C1C(c2cc(N)n3ncc(-c4cnn(C)c4)c3n2)CCCN1C(=O)OCc1ccccc1. The molecule has 186 valence electrons. The molecule has 1 saturated heterocycles. The number of rotatable bonds is 5. The predicted molar refractivity (Wildman–Crippen MR) is 131 cm³/mol. The van der Waals surface area contributed by atoms with Crippen LogP contribution >= 0.6 is 0 Å². The molecule has 36 heavy (non-hydrogen) atoms. The molecule has 0 aliphatic carbocycles. The fraction of sp³-hybridized carbons (Fsp3) is 0.320. The van der Waals surface area contributed by atoms with Crippen molar-refractivity contribution in [2.45, 2.75) is 31.4 Å². The Balaban J connectivity index is 1.48. The van der Waals surface area contributed by atoms with E-state index in [-0.39, 0.29) is 6.61 Å². The van der Waals surface area contributed by atoms with Crippen LogP contribution in [0, 0.1) is 0 Å². The van der Waals surface area contributed by atoms with Gasteiger partial charge in [0, 0.05) is 42.9 Å². The third kappa shape index (κ3) is 4.35. The fourth-order valence-electron chi connectivity index (χ4n) is 4.68. The zero-order valence-corrected chi connectivity index (χ0v) is 20.1. The Morgan fingerprint density at radius 1 is 1.17 bits per heavy atom. The number of nitrogens with zero attached hydrogens (tertiary/aromatic N) is 6. The molecule has 0 saturated carbocycles. The summed E-state index contributed by atoms with van der Waals surface area (Å²) in [4.78, 5) is 32.3. The molecule has 2 unspecified atom stereocenters. The van der Waals surface area contributed by atoms with Crippen molar-refractivity contribution >= 4 is 23.5 Å². The normalized spacial score (nSPS) is 17.8. The lowest BCUT2D eigenvalue weighted by atomic mass is 9.86. The summed E-state index contributed by atoms with van der Waals surface area (Å²) in [6.07, 6.45) is 5.99. The molecule has 11 heteroatoms. The molecule has 2 atom stereocenters. The van der Waals surface area contributed by atoms with E-state index in [0.717, 1.165) is 16.7 Å². The minimum atomic E-state index is -0.897. The fourth-order valence-corrected chi connectivity index (χ4v) is 4.68. The van der Waals surface area contributed by atoms with Crippen molar-refractivity contribution in [2.75, 3.05) is 19.4 Å². The van der Waals surface area contributed by atoms with Crippen LogP contribution in [0.25, 0.3) is 16.8 Å². The first kappa shape index (κ1) is 23.3. The van der Waals surface area contributed by atoms with Gasteiger partial charge in [-0.3, -0.25) is 9.58 Å². The minimum absolute atomic E-state index is 0.107. The molecule has 2 N–H and O–H groups in total. The number of nitrogen functional groups attached to an aromatic ring is 1. The molecule has 11 nitrogen and oxygen atoms in total. The Morgan fingerprint density at radius 3 is 2.69 bits per heavy atom. The summed E-state index contributed by atoms with van der Waals surface area (Å²) in [5, 5.41) is 8.60. The summed E-state index contributed by atoms with van der Waals surface area (Å²) in [5.74, 6) is -0.588. The number of methoxy groups -OCH3 is 1. The Labute approximate surface area is 207 Å². The van der Waals surface area contributed by atoms with E-state index < -0.39 is 24.0 Å². The first-order valence-corrected chi connectivity index (χ1v) is 11.6. The number of benzene rings is 1. The number of esters is 1. The van der Waals surface area contributed by atoms with E-state index in [0.29, 0.717) is 36.5 Å². The number of likely N-dealkylation sites (tertiary alicyclic amines) is 1. The molecule has 4 aromatic rings. The number of aryl methyl sites for hydroxylation is 1. The van der Waals surface area contributed by atoms with E-state index in [1.54, 1.807) is 27.7 Å². The minimum Gasteiger partial charge on any atom is -0.467 e. The molecule has 0 radical (unpaired) electrons. The van der Waals surface area contributed by atoms with Crippen LogP contribution < -0.4 is 5.73 Å². The van der Waals surface area contributed by atoms with Crippen LogP contribution in [0.5, 0.6) is 0 Å². The van der Waals surface area contributed by atoms with Gasteiger partial charge in [0.25, 0.3) is 0 Å². The molecule has 0 bridgehead atoms. The predicted octanol–water partition coefficient (Wildman–Crippen LogP) is 2.77. The van der Waals surface area contributed by atoms with Crippen molar-refractivity contribution in [3.63, 3.8) is 0 Å². The van der Waals surface area contributed by atoms with Gasteiger partial charge in [0.2, 0.25) is 0 Å². The van der Waals surface area contributed by atoms with Crippen molar-refractivity contribution in [3.05, 3.63) is 66.2 Å². The molecule has 1 aromatic carbocycles. The van der Waals surface area contributed by atoms with E-state index in [2.05, 4.69) is 10.2 Å². The molecule has 4 heterocycles. The third-order valence-electron chi connectivity index (χ3n) is 6.43. The van der Waals surface area contributed by atoms with Crippen LogP contribution in [0.1, 0.15) is 30.0 Å². The van der Waals surface area contributed by atoms with Gasteiger partial charge in [0.15, 0.2) is 5.65 Å². The van der Waals surface area contributed by atoms with Crippen molar-refractivity contribution in [1.82, 2.24) is 29.3 Å². The Bertz CT molecular complexity index is 1400. The lowest BCUT2D eigenvalue weighted by Gasteiger charge is -2.38. The molecular weight excluding hydrogens is 462 g/mol. The maximum atomic E-state index is 13.1. The smallest absolute Gasteiger partial charge is 0.410 e. The van der Waals surface area contributed by atoms with Crippen molar-refractivity contribution in [3.8, 4) is 11.1 Å². The second-order valence-corrected chi connectivity index (χ2v) is 8.75. The quantitative estimate of drug-likeness (QED) is 0.424. The molecule has 0 spiro atoms. The summed E-state index contributed by atoms with van der Waals surface area (Å²) >= 11 is 0. The van der Waals surface area contributed by atoms with Gasteiger partial charge < -0.3 is 15.2 Å². The zero-order valence-electron chi connectivity index (χ0n) is 20.1. The number of carbonyl (C=O) groups is 2. The monoisotopic (exact) mass is 489 g/mol. The van der Waals surface area contributed by atoms with Gasteiger partial charge in [0.05, 0.1) is 25.2 Å². The van der Waals surface area contributed by atoms with Gasteiger partial charge in [-0.2, -0.15) is 14.7 Å². The highest BCUT2D eigenvalue weighted by Gasteiger charge is 2.42. The lowest BCUT2D eigenvalue weighted by molar-refractivity contribution is -0.148. The van der Waals surface area contributed by atoms with Crippen LogP contribution in [0.4, 0.5) is 10.6 Å².